The highest BCUT2D eigenvalue weighted by Crippen LogP contribution is 2.50. The number of hydrogen-bond donors (Lipinski definition) is 0. The average Bonchev–Trinajstić information content (AvgIpc) is 3.16. The van der Waals surface area contributed by atoms with Crippen molar-refractivity contribution in [2.75, 3.05) is 13.1 Å². The second-order valence-electron chi connectivity index (χ2n) is 8.40. The van der Waals surface area contributed by atoms with Gasteiger partial charge < -0.3 is 14.4 Å². The summed E-state index contributed by atoms with van der Waals surface area (Å²) in [6, 6.07) is 5.36. The molecule has 1 aromatic heterocycles. The summed E-state index contributed by atoms with van der Waals surface area (Å²) in [5.41, 5.74) is 1.82. The largest absolute Gasteiger partial charge is 0.572 e. The molecule has 1 unspecified atom stereocenters. The molecule has 3 aliphatic rings. The molecule has 0 radical (unpaired) electrons. The minimum absolute atomic E-state index is 0.176. The van der Waals surface area contributed by atoms with Gasteiger partial charge in [-0.3, -0.25) is 14.3 Å². The lowest BCUT2D eigenvalue weighted by Crippen LogP contribution is -2.51. The topological polar surface area (TPSA) is 73.7 Å². The van der Waals surface area contributed by atoms with Crippen molar-refractivity contribution in [2.45, 2.75) is 24.8 Å². The van der Waals surface area contributed by atoms with Crippen LogP contribution in [0.3, 0.4) is 0 Å². The Morgan fingerprint density at radius 1 is 1.29 bits per heavy atom. The van der Waals surface area contributed by atoms with Gasteiger partial charge >= 0.3 is 6.36 Å². The van der Waals surface area contributed by atoms with Crippen LogP contribution in [0.25, 0.3) is 11.3 Å². The zero-order valence-corrected chi connectivity index (χ0v) is 18.7. The van der Waals surface area contributed by atoms with Crippen molar-refractivity contribution in [3.05, 3.63) is 59.0 Å². The molecule has 178 valence electrons. The van der Waals surface area contributed by atoms with Crippen molar-refractivity contribution >= 4 is 23.3 Å². The number of ether oxygens (including phenoxy) is 2. The lowest BCUT2D eigenvalue weighted by molar-refractivity contribution is -0.307. The van der Waals surface area contributed by atoms with E-state index in [0.717, 1.165) is 35.0 Å². The van der Waals surface area contributed by atoms with Crippen LogP contribution in [0.1, 0.15) is 18.4 Å². The van der Waals surface area contributed by atoms with Crippen LogP contribution in [0.2, 0.25) is 5.02 Å². The number of allylic oxidation sites excluding steroid dienone is 3. The molecule has 7 nitrogen and oxygen atoms in total. The summed E-state index contributed by atoms with van der Waals surface area (Å²) in [5.74, 6) is -3.28. The van der Waals surface area contributed by atoms with E-state index in [9.17, 15) is 22.8 Å². The van der Waals surface area contributed by atoms with Crippen molar-refractivity contribution < 1.29 is 32.2 Å². The number of aryl methyl sites for hydroxylation is 1. The van der Waals surface area contributed by atoms with Gasteiger partial charge in [0.1, 0.15) is 17.1 Å². The van der Waals surface area contributed by atoms with Gasteiger partial charge in [0, 0.05) is 49.1 Å². The third-order valence-corrected chi connectivity index (χ3v) is 6.62. The van der Waals surface area contributed by atoms with Crippen LogP contribution in [-0.4, -0.2) is 45.8 Å². The first-order valence-electron chi connectivity index (χ1n) is 10.6. The molecular formula is C23H19ClF3N3O4. The smallest absolute Gasteiger partial charge is 0.482 e. The number of hydrogen-bond acceptors (Lipinski definition) is 5. The van der Waals surface area contributed by atoms with E-state index in [4.69, 9.17) is 16.3 Å². The van der Waals surface area contributed by atoms with Gasteiger partial charge in [-0.2, -0.15) is 5.10 Å². The number of nitrogens with zero attached hydrogens (tertiary/aromatic N) is 3. The number of rotatable bonds is 2. The minimum atomic E-state index is -5.01. The molecule has 2 aliphatic heterocycles. The summed E-state index contributed by atoms with van der Waals surface area (Å²) >= 11 is 6.18. The van der Waals surface area contributed by atoms with Crippen molar-refractivity contribution in [1.29, 1.82) is 0 Å². The maximum atomic E-state index is 13.1. The Balaban J connectivity index is 1.39. The molecule has 3 heterocycles. The SMILES string of the molecule is Cn1ncc2c1-c1ccc(Cl)cc1OC21CCN(C(=O)C2C(=O)C=CC=C2OC(F)(F)F)CC1. The zero-order chi connectivity index (χ0) is 24.3. The fourth-order valence-corrected chi connectivity index (χ4v) is 4.98. The first-order chi connectivity index (χ1) is 16.1. The van der Waals surface area contributed by atoms with Crippen molar-refractivity contribution in [3.8, 4) is 17.0 Å². The van der Waals surface area contributed by atoms with Gasteiger partial charge in [-0.15, -0.1) is 13.2 Å². The molecule has 34 heavy (non-hydrogen) atoms. The van der Waals surface area contributed by atoms with Crippen LogP contribution < -0.4 is 4.74 Å². The number of carbonyl (C=O) groups excluding carboxylic acids is 2. The number of ketones is 1. The molecule has 1 spiro atoms. The molecule has 2 aromatic rings. The third kappa shape index (κ3) is 3.75. The normalized spacial score (nSPS) is 21.0. The van der Waals surface area contributed by atoms with Crippen LogP contribution in [0, 0.1) is 5.92 Å². The fraction of sp³-hybridized carbons (Fsp3) is 0.348. The lowest BCUT2D eigenvalue weighted by atomic mass is 9.80. The molecule has 1 saturated heterocycles. The van der Waals surface area contributed by atoms with Gasteiger partial charge in [0.15, 0.2) is 11.7 Å². The molecule has 1 atom stereocenters. The predicted molar refractivity (Wildman–Crippen MR) is 115 cm³/mol. The molecule has 1 aromatic carbocycles. The number of carbonyl (C=O) groups is 2. The molecule has 1 aliphatic carbocycles. The van der Waals surface area contributed by atoms with Gasteiger partial charge in [-0.25, -0.2) is 0 Å². The second-order valence-corrected chi connectivity index (χ2v) is 8.84. The molecule has 11 heteroatoms. The highest BCUT2D eigenvalue weighted by Gasteiger charge is 2.48. The summed E-state index contributed by atoms with van der Waals surface area (Å²) in [7, 11) is 1.83. The van der Waals surface area contributed by atoms with Crippen molar-refractivity contribution in [1.82, 2.24) is 14.7 Å². The standard InChI is InChI=1S/C23H19ClF3N3O4/c1-29-20-14-6-5-13(24)11-18(14)33-22(15(20)12-28-29)7-9-30(10-8-22)21(32)19-16(31)3-2-4-17(19)34-23(25,26)27/h2-6,11-12,19H,7-10H2,1H3. The molecule has 1 fully saturated rings. The Morgan fingerprint density at radius 3 is 2.74 bits per heavy atom. The molecule has 0 bridgehead atoms. The summed E-state index contributed by atoms with van der Waals surface area (Å²) in [6.07, 6.45) is 0.653. The van der Waals surface area contributed by atoms with Crippen molar-refractivity contribution in [2.24, 2.45) is 13.0 Å². The van der Waals surface area contributed by atoms with Crippen LogP contribution >= 0.6 is 11.6 Å². The quantitative estimate of drug-likeness (QED) is 0.588. The fourth-order valence-electron chi connectivity index (χ4n) is 4.81. The van der Waals surface area contributed by atoms with Gasteiger partial charge in [-0.1, -0.05) is 17.7 Å². The first kappa shape index (κ1) is 22.5. The number of aromatic nitrogens is 2. The minimum Gasteiger partial charge on any atom is -0.482 e. The van der Waals surface area contributed by atoms with Gasteiger partial charge in [-0.05, 0) is 30.4 Å². The molecule has 1 amide bonds. The summed E-state index contributed by atoms with van der Waals surface area (Å²) in [6.45, 7) is 0.353. The number of alkyl halides is 3. The number of benzene rings is 1. The Hall–Kier alpha value is -3.27. The average molecular weight is 494 g/mol. The maximum absolute atomic E-state index is 13.1. The third-order valence-electron chi connectivity index (χ3n) is 6.39. The Bertz CT molecular complexity index is 1240. The zero-order valence-electron chi connectivity index (χ0n) is 17.9. The van der Waals surface area contributed by atoms with Crippen LogP contribution in [0.4, 0.5) is 13.2 Å². The number of piperidine rings is 1. The summed E-state index contributed by atoms with van der Waals surface area (Å²) < 4.78 is 50.6. The Labute approximate surface area is 197 Å². The van der Waals surface area contributed by atoms with E-state index in [-0.39, 0.29) is 13.1 Å². The molecule has 0 N–H and O–H groups in total. The van der Waals surface area contributed by atoms with E-state index in [1.807, 2.05) is 13.1 Å². The molecule has 5 rings (SSSR count). The molecular weight excluding hydrogens is 475 g/mol. The van der Waals surface area contributed by atoms with Gasteiger partial charge in [0.05, 0.1) is 11.9 Å². The van der Waals surface area contributed by atoms with Gasteiger partial charge in [0.25, 0.3) is 0 Å². The number of likely N-dealkylation sites (tertiary alicyclic amines) is 1. The summed E-state index contributed by atoms with van der Waals surface area (Å²) in [5, 5.41) is 4.90. The van der Waals surface area contributed by atoms with E-state index >= 15 is 0 Å². The maximum Gasteiger partial charge on any atom is 0.572 e. The summed E-state index contributed by atoms with van der Waals surface area (Å²) in [4.78, 5) is 26.8. The van der Waals surface area contributed by atoms with Crippen LogP contribution in [0.15, 0.2) is 48.4 Å². The van der Waals surface area contributed by atoms with E-state index in [1.165, 1.54) is 4.90 Å². The monoisotopic (exact) mass is 493 g/mol. The van der Waals surface area contributed by atoms with Gasteiger partial charge in [0.2, 0.25) is 5.91 Å². The number of amides is 1. The lowest BCUT2D eigenvalue weighted by Gasteiger charge is -2.45. The predicted octanol–water partition coefficient (Wildman–Crippen LogP) is 4.13. The number of halogens is 4. The van der Waals surface area contributed by atoms with Crippen LogP contribution in [-0.2, 0) is 27.0 Å². The Kier molecular flexibility index (Phi) is 5.23. The second kappa shape index (κ2) is 7.90. The van der Waals surface area contributed by atoms with Crippen molar-refractivity contribution in [3.63, 3.8) is 0 Å². The first-order valence-corrected chi connectivity index (χ1v) is 10.9. The van der Waals surface area contributed by atoms with Crippen LogP contribution in [0.5, 0.6) is 5.75 Å². The number of fused-ring (bicyclic) bond motifs is 4. The van der Waals surface area contributed by atoms with E-state index < -0.39 is 35.3 Å². The van der Waals surface area contributed by atoms with E-state index in [2.05, 4.69) is 9.84 Å². The highest BCUT2D eigenvalue weighted by atomic mass is 35.5. The van der Waals surface area contributed by atoms with E-state index in [0.29, 0.717) is 23.6 Å². The Morgan fingerprint density at radius 2 is 2.03 bits per heavy atom. The highest BCUT2D eigenvalue weighted by molar-refractivity contribution is 6.30. The molecule has 0 saturated carbocycles. The van der Waals surface area contributed by atoms with E-state index in [1.54, 1.807) is 23.0 Å².